The van der Waals surface area contributed by atoms with E-state index in [1.54, 1.807) is 16.8 Å². The lowest BCUT2D eigenvalue weighted by atomic mass is 10.1. The second kappa shape index (κ2) is 7.67. The molecule has 0 saturated carbocycles. The minimum absolute atomic E-state index is 0.0378. The van der Waals surface area contributed by atoms with Crippen molar-refractivity contribution in [2.75, 3.05) is 5.32 Å². The van der Waals surface area contributed by atoms with Crippen LogP contribution in [0, 0.1) is 19.7 Å². The molecule has 1 N–H and O–H groups in total. The Hall–Kier alpha value is -3.80. The third-order valence-electron chi connectivity index (χ3n) is 4.65. The van der Waals surface area contributed by atoms with E-state index < -0.39 is 5.91 Å². The predicted molar refractivity (Wildman–Crippen MR) is 111 cm³/mol. The lowest BCUT2D eigenvalue weighted by Crippen LogP contribution is -2.15. The van der Waals surface area contributed by atoms with Gasteiger partial charge in [-0.15, -0.1) is 5.10 Å². The number of aromatic nitrogens is 3. The molecule has 1 amide bonds. The van der Waals surface area contributed by atoms with E-state index in [-0.39, 0.29) is 11.6 Å². The average Bonchev–Trinajstić information content (AvgIpc) is 3.16. The van der Waals surface area contributed by atoms with Crippen LogP contribution in [0.1, 0.15) is 21.7 Å². The molecule has 0 saturated heterocycles. The van der Waals surface area contributed by atoms with Gasteiger partial charge < -0.3 is 5.32 Å². The molecule has 0 aliphatic carbocycles. The van der Waals surface area contributed by atoms with Crippen molar-refractivity contribution in [3.8, 4) is 17.1 Å². The summed E-state index contributed by atoms with van der Waals surface area (Å²) in [6.45, 7) is 3.87. The topological polar surface area (TPSA) is 59.8 Å². The largest absolute Gasteiger partial charge is 0.319 e. The molecule has 0 unspecified atom stereocenters. The van der Waals surface area contributed by atoms with Crippen LogP contribution >= 0.6 is 0 Å². The molecule has 0 bridgehead atoms. The standard InChI is InChI=1S/C23H19FN4O/c1-15-7-3-5-9-19(15)25-23(29)21-26-22(17-11-13-18(24)14-12-17)28(27-21)20-10-6-4-8-16(20)2/h3-14H,1-2H3,(H,25,29). The smallest absolute Gasteiger partial charge is 0.295 e. The van der Waals surface area contributed by atoms with Gasteiger partial charge in [-0.25, -0.2) is 14.1 Å². The zero-order valence-corrected chi connectivity index (χ0v) is 16.1. The Morgan fingerprint density at radius 1 is 0.897 bits per heavy atom. The molecule has 0 aliphatic heterocycles. The summed E-state index contributed by atoms with van der Waals surface area (Å²) < 4.78 is 15.0. The molecule has 0 spiro atoms. The van der Waals surface area contributed by atoms with Crippen molar-refractivity contribution in [2.24, 2.45) is 0 Å². The van der Waals surface area contributed by atoms with E-state index in [0.717, 1.165) is 16.8 Å². The maximum Gasteiger partial charge on any atom is 0.295 e. The van der Waals surface area contributed by atoms with Gasteiger partial charge in [0.15, 0.2) is 5.82 Å². The van der Waals surface area contributed by atoms with Gasteiger partial charge in [0.2, 0.25) is 5.82 Å². The number of benzene rings is 3. The molecule has 1 aromatic heterocycles. The minimum atomic E-state index is -0.407. The zero-order chi connectivity index (χ0) is 20.4. The molecule has 1 heterocycles. The van der Waals surface area contributed by atoms with Crippen molar-refractivity contribution in [2.45, 2.75) is 13.8 Å². The number of hydrogen-bond acceptors (Lipinski definition) is 3. The van der Waals surface area contributed by atoms with Crippen LogP contribution in [-0.2, 0) is 0 Å². The van der Waals surface area contributed by atoms with Crippen LogP contribution in [0.3, 0.4) is 0 Å². The number of rotatable bonds is 4. The molecule has 0 radical (unpaired) electrons. The summed E-state index contributed by atoms with van der Waals surface area (Å²) in [5, 5.41) is 7.32. The molecule has 6 heteroatoms. The molecule has 144 valence electrons. The molecule has 0 fully saturated rings. The molecule has 4 rings (SSSR count). The first-order valence-electron chi connectivity index (χ1n) is 9.19. The number of nitrogens with zero attached hydrogens (tertiary/aromatic N) is 3. The summed E-state index contributed by atoms with van der Waals surface area (Å²) in [5.41, 5.74) is 4.09. The molecular weight excluding hydrogens is 367 g/mol. The number of nitrogens with one attached hydrogen (secondary N) is 1. The molecular formula is C23H19FN4O. The second-order valence-corrected chi connectivity index (χ2v) is 6.73. The number of anilines is 1. The van der Waals surface area contributed by atoms with Crippen LogP contribution in [0.4, 0.5) is 10.1 Å². The number of amides is 1. The first-order chi connectivity index (χ1) is 14.0. The zero-order valence-electron chi connectivity index (χ0n) is 16.1. The van der Waals surface area contributed by atoms with E-state index in [1.807, 2.05) is 62.4 Å². The van der Waals surface area contributed by atoms with Crippen molar-refractivity contribution in [3.63, 3.8) is 0 Å². The van der Waals surface area contributed by atoms with Gasteiger partial charge in [0.05, 0.1) is 5.69 Å². The van der Waals surface area contributed by atoms with Gasteiger partial charge in [0.1, 0.15) is 5.82 Å². The van der Waals surface area contributed by atoms with Crippen LogP contribution in [0.2, 0.25) is 0 Å². The number of aryl methyl sites for hydroxylation is 2. The van der Waals surface area contributed by atoms with Gasteiger partial charge in [-0.1, -0.05) is 36.4 Å². The van der Waals surface area contributed by atoms with Gasteiger partial charge in [0, 0.05) is 11.3 Å². The minimum Gasteiger partial charge on any atom is -0.319 e. The fourth-order valence-electron chi connectivity index (χ4n) is 3.05. The van der Waals surface area contributed by atoms with Gasteiger partial charge in [-0.3, -0.25) is 4.79 Å². The van der Waals surface area contributed by atoms with Gasteiger partial charge >= 0.3 is 0 Å². The van der Waals surface area contributed by atoms with E-state index >= 15 is 0 Å². The van der Waals surface area contributed by atoms with Crippen molar-refractivity contribution >= 4 is 11.6 Å². The molecule has 5 nitrogen and oxygen atoms in total. The monoisotopic (exact) mass is 386 g/mol. The van der Waals surface area contributed by atoms with Crippen LogP contribution < -0.4 is 5.32 Å². The predicted octanol–water partition coefficient (Wildman–Crippen LogP) is 4.94. The summed E-state index contributed by atoms with van der Waals surface area (Å²) in [4.78, 5) is 17.3. The quantitative estimate of drug-likeness (QED) is 0.540. The van der Waals surface area contributed by atoms with Crippen molar-refractivity contribution in [1.82, 2.24) is 14.8 Å². The summed E-state index contributed by atoms with van der Waals surface area (Å²) in [5.74, 6) is -0.242. The van der Waals surface area contributed by atoms with E-state index in [2.05, 4.69) is 15.4 Å². The van der Waals surface area contributed by atoms with Crippen molar-refractivity contribution in [1.29, 1.82) is 0 Å². The van der Waals surface area contributed by atoms with Gasteiger partial charge in [-0.2, -0.15) is 0 Å². The lowest BCUT2D eigenvalue weighted by molar-refractivity contribution is 0.101. The summed E-state index contributed by atoms with van der Waals surface area (Å²) >= 11 is 0. The Morgan fingerprint density at radius 2 is 1.55 bits per heavy atom. The number of halogens is 1. The SMILES string of the molecule is Cc1ccccc1NC(=O)c1nc(-c2ccc(F)cc2)n(-c2ccccc2C)n1. The molecule has 4 aromatic rings. The van der Waals surface area contributed by atoms with Crippen LogP contribution in [-0.4, -0.2) is 20.7 Å². The highest BCUT2D eigenvalue weighted by atomic mass is 19.1. The molecule has 3 aromatic carbocycles. The van der Waals surface area contributed by atoms with Crippen LogP contribution in [0.25, 0.3) is 17.1 Å². The highest BCUT2D eigenvalue weighted by molar-refractivity contribution is 6.02. The summed E-state index contributed by atoms with van der Waals surface area (Å²) in [6.07, 6.45) is 0. The fraction of sp³-hybridized carbons (Fsp3) is 0.0870. The molecule has 29 heavy (non-hydrogen) atoms. The summed E-state index contributed by atoms with van der Waals surface area (Å²) in [6, 6.07) is 21.1. The van der Waals surface area contributed by atoms with Crippen LogP contribution in [0.15, 0.2) is 72.8 Å². The van der Waals surface area contributed by atoms with E-state index in [9.17, 15) is 9.18 Å². The van der Waals surface area contributed by atoms with E-state index in [0.29, 0.717) is 17.1 Å². The van der Waals surface area contributed by atoms with Crippen molar-refractivity contribution < 1.29 is 9.18 Å². The highest BCUT2D eigenvalue weighted by Crippen LogP contribution is 2.24. The third kappa shape index (κ3) is 3.78. The lowest BCUT2D eigenvalue weighted by Gasteiger charge is -2.08. The average molecular weight is 386 g/mol. The first kappa shape index (κ1) is 18.6. The second-order valence-electron chi connectivity index (χ2n) is 6.73. The van der Waals surface area contributed by atoms with Gasteiger partial charge in [0.25, 0.3) is 5.91 Å². The Labute approximate surface area is 167 Å². The number of para-hydroxylation sites is 2. The Balaban J connectivity index is 1.79. The van der Waals surface area contributed by atoms with Crippen LogP contribution in [0.5, 0.6) is 0 Å². The van der Waals surface area contributed by atoms with Crippen molar-refractivity contribution in [3.05, 3.63) is 95.6 Å². The first-order valence-corrected chi connectivity index (χ1v) is 9.19. The van der Waals surface area contributed by atoms with E-state index in [1.165, 1.54) is 12.1 Å². The third-order valence-corrected chi connectivity index (χ3v) is 4.65. The Morgan fingerprint density at radius 3 is 2.24 bits per heavy atom. The highest BCUT2D eigenvalue weighted by Gasteiger charge is 2.20. The number of hydrogen-bond donors (Lipinski definition) is 1. The Kier molecular flexibility index (Phi) is 4.91. The van der Waals surface area contributed by atoms with E-state index in [4.69, 9.17) is 0 Å². The Bertz CT molecular complexity index is 1180. The number of carbonyl (C=O) groups is 1. The molecule has 0 atom stereocenters. The normalized spacial score (nSPS) is 10.7. The maximum absolute atomic E-state index is 13.4. The fourth-order valence-corrected chi connectivity index (χ4v) is 3.05. The molecule has 0 aliphatic rings. The summed E-state index contributed by atoms with van der Waals surface area (Å²) in [7, 11) is 0. The maximum atomic E-state index is 13.4. The number of carbonyl (C=O) groups excluding carboxylic acids is 1. The van der Waals surface area contributed by atoms with Gasteiger partial charge in [-0.05, 0) is 61.4 Å².